The van der Waals surface area contributed by atoms with Crippen LogP contribution in [0.15, 0.2) is 54.6 Å². The number of hydrogen-bond donors (Lipinski definition) is 3. The molecule has 0 aliphatic carbocycles. The van der Waals surface area contributed by atoms with Gasteiger partial charge in [-0.3, -0.25) is 4.52 Å². The van der Waals surface area contributed by atoms with Crippen molar-refractivity contribution in [3.63, 3.8) is 0 Å². The second kappa shape index (κ2) is 7.38. The maximum Gasteiger partial charge on any atom is 0.481 e. The zero-order chi connectivity index (χ0) is 16.9. The van der Waals surface area contributed by atoms with Gasteiger partial charge in [-0.2, -0.15) is 4.31 Å². The summed E-state index contributed by atoms with van der Waals surface area (Å²) in [5.74, 6) is 1.09. The van der Waals surface area contributed by atoms with Crippen molar-refractivity contribution in [3.05, 3.63) is 60.2 Å². The van der Waals surface area contributed by atoms with Gasteiger partial charge in [0.05, 0.1) is 6.61 Å². The summed E-state index contributed by atoms with van der Waals surface area (Å²) in [5, 5.41) is 0. The van der Waals surface area contributed by atoms with Gasteiger partial charge in [-0.1, -0.05) is 30.3 Å². The lowest BCUT2D eigenvalue weighted by molar-refractivity contribution is 0.172. The zero-order valence-electron chi connectivity index (χ0n) is 11.7. The molecule has 0 spiro atoms. The maximum absolute atomic E-state index is 11.4. The lowest BCUT2D eigenvalue weighted by atomic mass is 10.2. The molecule has 10 heteroatoms. The minimum atomic E-state index is -5.13. The summed E-state index contributed by atoms with van der Waals surface area (Å²) in [6.07, 6.45) is 0. The van der Waals surface area contributed by atoms with Crippen molar-refractivity contribution in [1.82, 2.24) is 0 Å². The summed E-state index contributed by atoms with van der Waals surface area (Å²) >= 11 is 0. The minimum Gasteiger partial charge on any atom is -0.457 e. The summed E-state index contributed by atoms with van der Waals surface area (Å²) in [7, 11) is -9.99. The van der Waals surface area contributed by atoms with Crippen molar-refractivity contribution < 1.29 is 37.4 Å². The largest absolute Gasteiger partial charge is 0.481 e. The molecule has 2 aromatic rings. The molecule has 0 aromatic heterocycles. The van der Waals surface area contributed by atoms with E-state index in [-0.39, 0.29) is 6.61 Å². The van der Waals surface area contributed by atoms with E-state index >= 15 is 0 Å². The van der Waals surface area contributed by atoms with Crippen LogP contribution in [0, 0.1) is 0 Å². The van der Waals surface area contributed by atoms with Crippen molar-refractivity contribution in [3.8, 4) is 11.5 Å². The Morgan fingerprint density at radius 3 is 2.17 bits per heavy atom. The molecule has 8 nitrogen and oxygen atoms in total. The fourth-order valence-corrected chi connectivity index (χ4v) is 3.21. The molecule has 2 aromatic carbocycles. The van der Waals surface area contributed by atoms with E-state index in [4.69, 9.17) is 14.5 Å². The third-order valence-corrected chi connectivity index (χ3v) is 4.61. The molecule has 0 saturated carbocycles. The van der Waals surface area contributed by atoms with Gasteiger partial charge in [0.2, 0.25) is 0 Å². The number of para-hydroxylation sites is 1. The van der Waals surface area contributed by atoms with Gasteiger partial charge in [-0.05, 0) is 29.8 Å². The van der Waals surface area contributed by atoms with Crippen LogP contribution in [0.4, 0.5) is 0 Å². The summed E-state index contributed by atoms with van der Waals surface area (Å²) < 4.78 is 35.7. The van der Waals surface area contributed by atoms with E-state index in [0.717, 1.165) is 0 Å². The van der Waals surface area contributed by atoms with Gasteiger partial charge in [-0.15, -0.1) is 0 Å². The number of benzene rings is 2. The van der Waals surface area contributed by atoms with Gasteiger partial charge in [0, 0.05) is 0 Å². The SMILES string of the molecule is O=P(O)(O)OP(=O)(O)OCc1cccc(Oc2ccccc2)c1. The molecular formula is C13H14O8P2. The first-order chi connectivity index (χ1) is 10.7. The predicted molar refractivity (Wildman–Crippen MR) is 80.7 cm³/mol. The first-order valence-electron chi connectivity index (χ1n) is 6.30. The van der Waals surface area contributed by atoms with Crippen LogP contribution >= 0.6 is 15.6 Å². The van der Waals surface area contributed by atoms with Crippen LogP contribution < -0.4 is 4.74 Å². The average Bonchev–Trinajstić information content (AvgIpc) is 2.44. The quantitative estimate of drug-likeness (QED) is 0.644. The standard InChI is InChI=1S/C13H14O8P2/c14-22(15,16)21-23(17,18)19-10-11-5-4-8-13(9-11)20-12-6-2-1-3-7-12/h1-9H,10H2,(H,17,18)(H2,14,15,16). The second-order valence-corrected chi connectivity index (χ2v) is 7.21. The molecule has 0 aliphatic rings. The van der Waals surface area contributed by atoms with E-state index < -0.39 is 15.6 Å². The average molecular weight is 360 g/mol. The molecule has 23 heavy (non-hydrogen) atoms. The van der Waals surface area contributed by atoms with Crippen LogP contribution in [-0.4, -0.2) is 14.7 Å². The molecule has 0 bridgehead atoms. The van der Waals surface area contributed by atoms with E-state index in [2.05, 4.69) is 8.83 Å². The van der Waals surface area contributed by atoms with E-state index in [1.54, 1.807) is 36.4 Å². The van der Waals surface area contributed by atoms with Gasteiger partial charge in [-0.25, -0.2) is 9.13 Å². The van der Waals surface area contributed by atoms with Crippen molar-refractivity contribution in [2.75, 3.05) is 0 Å². The van der Waals surface area contributed by atoms with Crippen LogP contribution in [0.25, 0.3) is 0 Å². The minimum absolute atomic E-state index is 0.389. The molecule has 0 aliphatic heterocycles. The number of phosphoric acid groups is 2. The van der Waals surface area contributed by atoms with Crippen LogP contribution in [0.1, 0.15) is 5.56 Å². The fourth-order valence-electron chi connectivity index (χ4n) is 1.64. The molecule has 124 valence electrons. The number of hydrogen-bond acceptors (Lipinski definition) is 5. The molecule has 1 unspecified atom stereocenters. The van der Waals surface area contributed by atoms with E-state index in [1.165, 1.54) is 0 Å². The predicted octanol–water partition coefficient (Wildman–Crippen LogP) is 3.21. The Balaban J connectivity index is 2.00. The summed E-state index contributed by atoms with van der Waals surface area (Å²) in [6.45, 7) is -0.389. The molecule has 0 amide bonds. The number of ether oxygens (including phenoxy) is 1. The van der Waals surface area contributed by atoms with E-state index in [9.17, 15) is 14.0 Å². The highest BCUT2D eigenvalue weighted by Gasteiger charge is 2.32. The summed E-state index contributed by atoms with van der Waals surface area (Å²) in [5.41, 5.74) is 0.460. The Hall–Kier alpha value is -1.50. The highest BCUT2D eigenvalue weighted by atomic mass is 31.3. The topological polar surface area (TPSA) is 123 Å². The van der Waals surface area contributed by atoms with Gasteiger partial charge in [0.15, 0.2) is 0 Å². The molecule has 0 heterocycles. The third kappa shape index (κ3) is 6.64. The van der Waals surface area contributed by atoms with E-state index in [1.807, 2.05) is 18.2 Å². The first-order valence-corrected chi connectivity index (χ1v) is 9.32. The Labute approximate surface area is 132 Å². The van der Waals surface area contributed by atoms with Crippen LogP contribution in [0.2, 0.25) is 0 Å². The highest BCUT2D eigenvalue weighted by Crippen LogP contribution is 2.57. The smallest absolute Gasteiger partial charge is 0.457 e. The molecule has 0 radical (unpaired) electrons. The summed E-state index contributed by atoms with van der Waals surface area (Å²) in [4.78, 5) is 26.2. The van der Waals surface area contributed by atoms with Crippen LogP contribution in [-0.2, 0) is 24.6 Å². The van der Waals surface area contributed by atoms with Crippen LogP contribution in [0.3, 0.4) is 0 Å². The van der Waals surface area contributed by atoms with Gasteiger partial charge in [0.1, 0.15) is 11.5 Å². The normalized spacial score (nSPS) is 14.2. The second-order valence-electron chi connectivity index (χ2n) is 4.38. The molecule has 0 fully saturated rings. The molecule has 0 saturated heterocycles. The van der Waals surface area contributed by atoms with Gasteiger partial charge in [0.25, 0.3) is 0 Å². The lowest BCUT2D eigenvalue weighted by Crippen LogP contribution is -1.95. The summed E-state index contributed by atoms with van der Waals surface area (Å²) in [6, 6.07) is 15.5. The molecule has 3 N–H and O–H groups in total. The van der Waals surface area contributed by atoms with Crippen molar-refractivity contribution in [2.24, 2.45) is 0 Å². The van der Waals surface area contributed by atoms with E-state index in [0.29, 0.717) is 17.1 Å². The Morgan fingerprint density at radius 2 is 1.52 bits per heavy atom. The lowest BCUT2D eigenvalue weighted by Gasteiger charge is -2.13. The van der Waals surface area contributed by atoms with Crippen molar-refractivity contribution in [2.45, 2.75) is 6.61 Å². The number of rotatable bonds is 7. The molecular weight excluding hydrogens is 346 g/mol. The van der Waals surface area contributed by atoms with Gasteiger partial charge < -0.3 is 19.4 Å². The third-order valence-electron chi connectivity index (χ3n) is 2.48. The maximum atomic E-state index is 11.4. The number of phosphoric ester groups is 1. The van der Waals surface area contributed by atoms with Crippen molar-refractivity contribution >= 4 is 15.6 Å². The fraction of sp³-hybridized carbons (Fsp3) is 0.0769. The first kappa shape index (κ1) is 17.8. The highest BCUT2D eigenvalue weighted by molar-refractivity contribution is 7.60. The Kier molecular flexibility index (Phi) is 5.73. The van der Waals surface area contributed by atoms with Gasteiger partial charge >= 0.3 is 15.6 Å². The molecule has 1 atom stereocenters. The van der Waals surface area contributed by atoms with Crippen molar-refractivity contribution in [1.29, 1.82) is 0 Å². The Morgan fingerprint density at radius 1 is 0.870 bits per heavy atom. The molecule has 2 rings (SSSR count). The Bertz CT molecular complexity index is 743. The zero-order valence-corrected chi connectivity index (χ0v) is 13.5. The monoisotopic (exact) mass is 360 g/mol. The van der Waals surface area contributed by atoms with Crippen LogP contribution in [0.5, 0.6) is 11.5 Å².